The molecule has 128 valence electrons. The van der Waals surface area contributed by atoms with E-state index >= 15 is 0 Å². The highest BCUT2D eigenvalue weighted by Gasteiger charge is 2.13. The van der Waals surface area contributed by atoms with Crippen LogP contribution in [0.2, 0.25) is 0 Å². The van der Waals surface area contributed by atoms with Crippen LogP contribution in [0.3, 0.4) is 0 Å². The second kappa shape index (κ2) is 9.84. The normalized spacial score (nSPS) is 10.3. The highest BCUT2D eigenvalue weighted by Crippen LogP contribution is 2.32. The molecule has 0 bridgehead atoms. The third-order valence-corrected chi connectivity index (χ3v) is 3.47. The monoisotopic (exact) mass is 325 g/mol. The molecular formula is C17H24FNO4. The Kier molecular flexibility index (Phi) is 8.11. The molecule has 5 nitrogen and oxygen atoms in total. The summed E-state index contributed by atoms with van der Waals surface area (Å²) < 4.78 is 24.4. The lowest BCUT2D eigenvalue weighted by Gasteiger charge is -2.07. The van der Waals surface area contributed by atoms with Crippen LogP contribution in [0.25, 0.3) is 10.9 Å². The summed E-state index contributed by atoms with van der Waals surface area (Å²) in [5.74, 6) is -0.0325. The second-order valence-electron chi connectivity index (χ2n) is 5.00. The van der Waals surface area contributed by atoms with Gasteiger partial charge in [0.05, 0.1) is 17.8 Å². The lowest BCUT2D eigenvalue weighted by Crippen LogP contribution is -2.01. The molecule has 0 unspecified atom stereocenters. The molecule has 0 amide bonds. The molecule has 1 heterocycles. The average molecular weight is 325 g/mol. The van der Waals surface area contributed by atoms with Gasteiger partial charge in [0.1, 0.15) is 11.6 Å². The Labute approximate surface area is 135 Å². The number of aromatic hydroxyl groups is 1. The van der Waals surface area contributed by atoms with E-state index in [2.05, 4.69) is 4.74 Å². The molecule has 0 saturated carbocycles. The van der Waals surface area contributed by atoms with Crippen LogP contribution < -0.4 is 0 Å². The summed E-state index contributed by atoms with van der Waals surface area (Å²) in [6.45, 7) is 6.00. The number of carbonyl (C=O) groups excluding carboxylic acids is 1. The summed E-state index contributed by atoms with van der Waals surface area (Å²) >= 11 is 0. The van der Waals surface area contributed by atoms with E-state index in [1.807, 2.05) is 11.5 Å². The number of unbranched alkanes of at least 4 members (excludes halogenated alkanes) is 1. The van der Waals surface area contributed by atoms with E-state index in [-0.39, 0.29) is 11.6 Å². The summed E-state index contributed by atoms with van der Waals surface area (Å²) in [7, 11) is 1.68. The second-order valence-corrected chi connectivity index (χ2v) is 5.00. The van der Waals surface area contributed by atoms with Crippen LogP contribution in [0.15, 0.2) is 18.2 Å². The maximum atomic E-state index is 13.3. The zero-order valence-electron chi connectivity index (χ0n) is 13.8. The van der Waals surface area contributed by atoms with Gasteiger partial charge >= 0.3 is 0 Å². The van der Waals surface area contributed by atoms with Gasteiger partial charge in [0.2, 0.25) is 0 Å². The van der Waals surface area contributed by atoms with E-state index in [4.69, 9.17) is 4.74 Å². The van der Waals surface area contributed by atoms with Gasteiger partial charge in [0, 0.05) is 25.6 Å². The minimum atomic E-state index is -0.279. The van der Waals surface area contributed by atoms with Crippen molar-refractivity contribution in [3.8, 4) is 5.75 Å². The predicted molar refractivity (Wildman–Crippen MR) is 87.1 cm³/mol. The van der Waals surface area contributed by atoms with E-state index in [0.717, 1.165) is 37.2 Å². The van der Waals surface area contributed by atoms with Gasteiger partial charge in [-0.05, 0) is 44.9 Å². The molecule has 6 heteroatoms. The fourth-order valence-corrected chi connectivity index (χ4v) is 2.30. The molecule has 0 aliphatic rings. The first-order valence-corrected chi connectivity index (χ1v) is 7.58. The first-order chi connectivity index (χ1) is 11.1. The summed E-state index contributed by atoms with van der Waals surface area (Å²) in [5, 5.41) is 10.7. The van der Waals surface area contributed by atoms with Gasteiger partial charge in [-0.1, -0.05) is 0 Å². The third kappa shape index (κ3) is 5.25. The molecule has 1 aromatic heterocycles. The van der Waals surface area contributed by atoms with E-state index in [1.165, 1.54) is 12.1 Å². The van der Waals surface area contributed by atoms with Crippen molar-refractivity contribution in [3.63, 3.8) is 0 Å². The van der Waals surface area contributed by atoms with Crippen molar-refractivity contribution in [1.29, 1.82) is 0 Å². The van der Waals surface area contributed by atoms with E-state index in [9.17, 15) is 14.3 Å². The standard InChI is InChI=1S/C14H18FNO2.C3H6O2/c1-10-14(17)12-6-5-11(15)9-13(12)16(10)7-3-4-8-18-2;1-2-5-3-4/h5-6,9,17H,3-4,7-8H2,1-2H3;3H,2H2,1H3. The first-order valence-electron chi connectivity index (χ1n) is 7.58. The number of aromatic nitrogens is 1. The Bertz CT molecular complexity index is 625. The molecule has 0 aliphatic carbocycles. The van der Waals surface area contributed by atoms with Crippen LogP contribution in [0.1, 0.15) is 25.5 Å². The Morgan fingerprint density at radius 3 is 2.65 bits per heavy atom. The van der Waals surface area contributed by atoms with Gasteiger partial charge in [0.25, 0.3) is 6.47 Å². The Morgan fingerprint density at radius 1 is 1.35 bits per heavy atom. The van der Waals surface area contributed by atoms with E-state index in [0.29, 0.717) is 18.5 Å². The van der Waals surface area contributed by atoms with Crippen molar-refractivity contribution in [2.24, 2.45) is 0 Å². The molecule has 2 aromatic rings. The number of nitrogens with zero attached hydrogens (tertiary/aromatic N) is 1. The third-order valence-electron chi connectivity index (χ3n) is 3.47. The predicted octanol–water partition coefficient (Wildman–Crippen LogP) is 3.40. The Morgan fingerprint density at radius 2 is 2.09 bits per heavy atom. The summed E-state index contributed by atoms with van der Waals surface area (Å²) in [6.07, 6.45) is 1.89. The number of fused-ring (bicyclic) bond motifs is 1. The fourth-order valence-electron chi connectivity index (χ4n) is 2.30. The van der Waals surface area contributed by atoms with Crippen LogP contribution in [-0.2, 0) is 20.8 Å². The lowest BCUT2D eigenvalue weighted by atomic mass is 10.2. The van der Waals surface area contributed by atoms with E-state index in [1.54, 1.807) is 20.1 Å². The Balaban J connectivity index is 0.000000463. The maximum Gasteiger partial charge on any atom is 0.293 e. The van der Waals surface area contributed by atoms with Crippen LogP contribution in [0.4, 0.5) is 4.39 Å². The van der Waals surface area contributed by atoms with Crippen molar-refractivity contribution >= 4 is 17.4 Å². The number of hydrogen-bond acceptors (Lipinski definition) is 4. The van der Waals surface area contributed by atoms with Crippen LogP contribution >= 0.6 is 0 Å². The molecule has 0 fully saturated rings. The molecule has 2 rings (SSSR count). The number of aryl methyl sites for hydroxylation is 1. The summed E-state index contributed by atoms with van der Waals surface area (Å²) in [5.41, 5.74) is 1.54. The molecule has 0 aliphatic heterocycles. The van der Waals surface area contributed by atoms with Crippen molar-refractivity contribution in [1.82, 2.24) is 4.57 Å². The smallest absolute Gasteiger partial charge is 0.293 e. The van der Waals surface area contributed by atoms with Crippen molar-refractivity contribution in [2.45, 2.75) is 33.2 Å². The number of methoxy groups -OCH3 is 1. The van der Waals surface area contributed by atoms with Crippen LogP contribution in [0, 0.1) is 12.7 Å². The van der Waals surface area contributed by atoms with Crippen LogP contribution in [-0.4, -0.2) is 36.5 Å². The fraction of sp³-hybridized carbons (Fsp3) is 0.471. The quantitative estimate of drug-likeness (QED) is 0.626. The summed E-state index contributed by atoms with van der Waals surface area (Å²) in [4.78, 5) is 9.18. The molecular weight excluding hydrogens is 301 g/mol. The molecule has 0 radical (unpaired) electrons. The SMILES string of the molecule is CCOC=O.COCCCCn1c(C)c(O)c2ccc(F)cc21. The summed E-state index contributed by atoms with van der Waals surface area (Å²) in [6, 6.07) is 4.47. The largest absolute Gasteiger partial charge is 0.505 e. The number of benzene rings is 1. The van der Waals surface area contributed by atoms with Gasteiger partial charge < -0.3 is 19.1 Å². The van der Waals surface area contributed by atoms with Gasteiger partial charge in [-0.3, -0.25) is 4.79 Å². The topological polar surface area (TPSA) is 60.7 Å². The minimum Gasteiger partial charge on any atom is -0.505 e. The molecule has 0 spiro atoms. The number of halogens is 1. The number of rotatable bonds is 7. The van der Waals surface area contributed by atoms with Gasteiger partial charge in [-0.2, -0.15) is 0 Å². The highest BCUT2D eigenvalue weighted by molar-refractivity contribution is 5.88. The maximum absolute atomic E-state index is 13.3. The lowest BCUT2D eigenvalue weighted by molar-refractivity contribution is -0.128. The molecule has 0 atom stereocenters. The van der Waals surface area contributed by atoms with Gasteiger partial charge in [-0.25, -0.2) is 4.39 Å². The average Bonchev–Trinajstić information content (AvgIpc) is 2.77. The number of hydrogen-bond donors (Lipinski definition) is 1. The van der Waals surface area contributed by atoms with Crippen molar-refractivity contribution in [2.75, 3.05) is 20.3 Å². The number of carbonyl (C=O) groups is 1. The first kappa shape index (κ1) is 19.0. The zero-order valence-corrected chi connectivity index (χ0v) is 13.8. The zero-order chi connectivity index (χ0) is 17.2. The van der Waals surface area contributed by atoms with Crippen molar-refractivity contribution < 1.29 is 23.8 Å². The molecule has 1 N–H and O–H groups in total. The molecule has 0 saturated heterocycles. The highest BCUT2D eigenvalue weighted by atomic mass is 19.1. The van der Waals surface area contributed by atoms with Crippen molar-refractivity contribution in [3.05, 3.63) is 29.7 Å². The molecule has 1 aromatic carbocycles. The number of ether oxygens (including phenoxy) is 2. The molecule has 23 heavy (non-hydrogen) atoms. The van der Waals surface area contributed by atoms with E-state index < -0.39 is 0 Å². The van der Waals surface area contributed by atoms with Gasteiger partial charge in [0.15, 0.2) is 0 Å². The van der Waals surface area contributed by atoms with Crippen LogP contribution in [0.5, 0.6) is 5.75 Å². The Hall–Kier alpha value is -2.08. The van der Waals surface area contributed by atoms with Gasteiger partial charge in [-0.15, -0.1) is 0 Å². The minimum absolute atomic E-state index is 0.247.